The molecule has 1 aliphatic rings. The van der Waals surface area contributed by atoms with Crippen LogP contribution in [-0.2, 0) is 6.54 Å². The molecule has 0 saturated heterocycles. The summed E-state index contributed by atoms with van der Waals surface area (Å²) in [7, 11) is 4.13. The van der Waals surface area contributed by atoms with Crippen molar-refractivity contribution >= 4 is 16.8 Å². The van der Waals surface area contributed by atoms with Gasteiger partial charge in [0.05, 0.1) is 29.4 Å². The summed E-state index contributed by atoms with van der Waals surface area (Å²) in [6, 6.07) is 12.0. The Hall–Kier alpha value is -2.73. The number of hydrogen-bond donors (Lipinski definition) is 0. The molecule has 0 aliphatic carbocycles. The van der Waals surface area contributed by atoms with Crippen LogP contribution in [0.15, 0.2) is 48.8 Å². The second-order valence-electron chi connectivity index (χ2n) is 7.12. The first-order valence-electron chi connectivity index (χ1n) is 8.93. The minimum Gasteiger partial charge on any atom is -0.331 e. The highest BCUT2D eigenvalue weighted by molar-refractivity contribution is 5.97. The Bertz CT molecular complexity index is 933. The number of aromatic nitrogens is 3. The first-order valence-corrected chi connectivity index (χ1v) is 8.93. The number of nitrogens with zero attached hydrogens (tertiary/aromatic N) is 5. The molecule has 2 aromatic heterocycles. The summed E-state index contributed by atoms with van der Waals surface area (Å²) >= 11 is 0. The van der Waals surface area contributed by atoms with E-state index in [9.17, 15) is 4.79 Å². The normalized spacial score (nSPS) is 16.9. The molecule has 6 heteroatoms. The third-order valence-corrected chi connectivity index (χ3v) is 4.92. The molecule has 0 spiro atoms. The molecule has 1 aliphatic heterocycles. The van der Waals surface area contributed by atoms with Gasteiger partial charge in [0, 0.05) is 24.3 Å². The molecule has 0 radical (unpaired) electrons. The fourth-order valence-electron chi connectivity index (χ4n) is 3.53. The molecule has 1 aromatic carbocycles. The van der Waals surface area contributed by atoms with Gasteiger partial charge in [0.1, 0.15) is 0 Å². The van der Waals surface area contributed by atoms with Crippen molar-refractivity contribution < 1.29 is 4.79 Å². The van der Waals surface area contributed by atoms with Gasteiger partial charge in [-0.15, -0.1) is 0 Å². The molecule has 1 amide bonds. The molecular formula is C20H23N5O. The Morgan fingerprint density at radius 1 is 1.27 bits per heavy atom. The predicted octanol–water partition coefficient (Wildman–Crippen LogP) is 2.58. The number of fused-ring (bicyclic) bond motifs is 2. The van der Waals surface area contributed by atoms with E-state index in [1.165, 1.54) is 0 Å². The summed E-state index contributed by atoms with van der Waals surface area (Å²) < 4.78 is 2.08. The summed E-state index contributed by atoms with van der Waals surface area (Å²) in [4.78, 5) is 21.6. The Morgan fingerprint density at radius 2 is 2.12 bits per heavy atom. The standard InChI is InChI=1S/C20H23N5O/c1-23(2)10-8-18-14-24(13-17-7-9-22-25(17)18)20(26)16-11-15-5-3-4-6-19(15)21-12-16/h3-7,9,11-12,18H,8,10,13-14H2,1-2H3/t18-/m0/s1. The van der Waals surface area contributed by atoms with Crippen LogP contribution in [0.5, 0.6) is 0 Å². The number of rotatable bonds is 4. The molecule has 26 heavy (non-hydrogen) atoms. The zero-order valence-electron chi connectivity index (χ0n) is 15.2. The second kappa shape index (κ2) is 6.88. The molecule has 4 rings (SSSR count). The third kappa shape index (κ3) is 3.20. The van der Waals surface area contributed by atoms with Gasteiger partial charge >= 0.3 is 0 Å². The van der Waals surface area contributed by atoms with E-state index in [-0.39, 0.29) is 11.9 Å². The van der Waals surface area contributed by atoms with Gasteiger partial charge in [0.15, 0.2) is 0 Å². The molecule has 0 unspecified atom stereocenters. The first kappa shape index (κ1) is 16.7. The highest BCUT2D eigenvalue weighted by Crippen LogP contribution is 2.25. The third-order valence-electron chi connectivity index (χ3n) is 4.92. The summed E-state index contributed by atoms with van der Waals surface area (Å²) in [5.41, 5.74) is 2.63. The molecule has 0 N–H and O–H groups in total. The first-order chi connectivity index (χ1) is 12.6. The number of benzene rings is 1. The van der Waals surface area contributed by atoms with Crippen molar-refractivity contribution in [3.05, 3.63) is 60.0 Å². The Morgan fingerprint density at radius 3 is 2.96 bits per heavy atom. The Labute approximate surface area is 153 Å². The quantitative estimate of drug-likeness (QED) is 0.726. The van der Waals surface area contributed by atoms with E-state index in [0.29, 0.717) is 18.7 Å². The maximum Gasteiger partial charge on any atom is 0.255 e. The zero-order valence-corrected chi connectivity index (χ0v) is 15.2. The number of carbonyl (C=O) groups excluding carboxylic acids is 1. The van der Waals surface area contributed by atoms with E-state index in [2.05, 4.69) is 33.8 Å². The van der Waals surface area contributed by atoms with Crippen molar-refractivity contribution in [2.24, 2.45) is 0 Å². The smallest absolute Gasteiger partial charge is 0.255 e. The van der Waals surface area contributed by atoms with Crippen LogP contribution in [0.2, 0.25) is 0 Å². The van der Waals surface area contributed by atoms with Gasteiger partial charge in [-0.2, -0.15) is 5.10 Å². The van der Waals surface area contributed by atoms with Gasteiger partial charge in [0.2, 0.25) is 0 Å². The van der Waals surface area contributed by atoms with Crippen LogP contribution in [0.3, 0.4) is 0 Å². The van der Waals surface area contributed by atoms with Gasteiger partial charge < -0.3 is 9.80 Å². The molecule has 3 aromatic rings. The lowest BCUT2D eigenvalue weighted by molar-refractivity contribution is 0.0659. The zero-order chi connectivity index (χ0) is 18.1. The van der Waals surface area contributed by atoms with Crippen LogP contribution in [0.4, 0.5) is 0 Å². The fourth-order valence-corrected chi connectivity index (χ4v) is 3.53. The monoisotopic (exact) mass is 349 g/mol. The van der Waals surface area contributed by atoms with Gasteiger partial charge in [-0.3, -0.25) is 14.5 Å². The molecule has 1 atom stereocenters. The van der Waals surface area contributed by atoms with Crippen LogP contribution in [0.25, 0.3) is 10.9 Å². The SMILES string of the molecule is CN(C)CC[C@H]1CN(C(=O)c2cnc3ccccc3c2)Cc2ccnn21. The molecule has 0 bridgehead atoms. The van der Waals surface area contributed by atoms with Crippen molar-refractivity contribution in [3.63, 3.8) is 0 Å². The highest BCUT2D eigenvalue weighted by atomic mass is 16.2. The van der Waals surface area contributed by atoms with Crippen molar-refractivity contribution in [1.82, 2.24) is 24.6 Å². The van der Waals surface area contributed by atoms with Crippen LogP contribution in [-0.4, -0.2) is 57.7 Å². The molecule has 134 valence electrons. The molecule has 6 nitrogen and oxygen atoms in total. The van der Waals surface area contributed by atoms with E-state index >= 15 is 0 Å². The maximum absolute atomic E-state index is 13.1. The van der Waals surface area contributed by atoms with Gasteiger partial charge in [-0.1, -0.05) is 18.2 Å². The van der Waals surface area contributed by atoms with Gasteiger partial charge in [-0.25, -0.2) is 0 Å². The largest absolute Gasteiger partial charge is 0.331 e. The van der Waals surface area contributed by atoms with Gasteiger partial charge in [0.25, 0.3) is 5.91 Å². The lowest BCUT2D eigenvalue weighted by Gasteiger charge is -2.34. The lowest BCUT2D eigenvalue weighted by Crippen LogP contribution is -2.42. The topological polar surface area (TPSA) is 54.3 Å². The molecule has 3 heterocycles. The van der Waals surface area contributed by atoms with E-state index in [1.54, 1.807) is 6.20 Å². The average molecular weight is 349 g/mol. The average Bonchev–Trinajstić information content (AvgIpc) is 3.13. The van der Waals surface area contributed by atoms with Crippen molar-refractivity contribution in [3.8, 4) is 0 Å². The summed E-state index contributed by atoms with van der Waals surface area (Å²) in [5.74, 6) is 0.0329. The van der Waals surface area contributed by atoms with Crippen LogP contribution < -0.4 is 0 Å². The number of para-hydroxylation sites is 1. The predicted molar refractivity (Wildman–Crippen MR) is 101 cm³/mol. The van der Waals surface area contributed by atoms with E-state index in [1.807, 2.05) is 47.5 Å². The fraction of sp³-hybridized carbons (Fsp3) is 0.350. The Kier molecular flexibility index (Phi) is 4.42. The minimum absolute atomic E-state index is 0.0329. The van der Waals surface area contributed by atoms with Crippen LogP contribution in [0.1, 0.15) is 28.5 Å². The van der Waals surface area contributed by atoms with Crippen molar-refractivity contribution in [2.75, 3.05) is 27.2 Å². The Balaban J connectivity index is 1.59. The molecule has 0 fully saturated rings. The summed E-state index contributed by atoms with van der Waals surface area (Å²) in [5, 5.41) is 5.46. The minimum atomic E-state index is 0.0329. The number of hydrogen-bond acceptors (Lipinski definition) is 4. The second-order valence-corrected chi connectivity index (χ2v) is 7.12. The lowest BCUT2D eigenvalue weighted by atomic mass is 10.1. The van der Waals surface area contributed by atoms with Crippen molar-refractivity contribution in [1.29, 1.82) is 0 Å². The van der Waals surface area contributed by atoms with E-state index in [4.69, 9.17) is 0 Å². The number of carbonyl (C=O) groups is 1. The molecule has 0 saturated carbocycles. The highest BCUT2D eigenvalue weighted by Gasteiger charge is 2.29. The maximum atomic E-state index is 13.1. The van der Waals surface area contributed by atoms with Crippen LogP contribution in [0, 0.1) is 0 Å². The van der Waals surface area contributed by atoms with Gasteiger partial charge in [-0.05, 0) is 45.3 Å². The molecular weight excluding hydrogens is 326 g/mol. The van der Waals surface area contributed by atoms with E-state index < -0.39 is 0 Å². The summed E-state index contributed by atoms with van der Waals surface area (Å²) in [6.45, 7) is 2.22. The number of amides is 1. The number of pyridine rings is 1. The van der Waals surface area contributed by atoms with E-state index in [0.717, 1.165) is 29.6 Å². The van der Waals surface area contributed by atoms with Crippen molar-refractivity contribution in [2.45, 2.75) is 19.0 Å². The van der Waals surface area contributed by atoms with Crippen LogP contribution >= 0.6 is 0 Å². The summed E-state index contributed by atoms with van der Waals surface area (Å²) in [6.07, 6.45) is 4.47.